The predicted molar refractivity (Wildman–Crippen MR) is 62.0 cm³/mol. The zero-order valence-corrected chi connectivity index (χ0v) is 12.9. The number of benzene rings is 1. The van der Waals surface area contributed by atoms with E-state index < -0.39 is 21.8 Å². The van der Waals surface area contributed by atoms with Crippen molar-refractivity contribution in [3.05, 3.63) is 34.9 Å². The summed E-state index contributed by atoms with van der Waals surface area (Å²) in [5.41, 5.74) is 1.44. The number of hydrogen-bond acceptors (Lipinski definition) is 0. The summed E-state index contributed by atoms with van der Waals surface area (Å²) < 4.78 is 5.33. The van der Waals surface area contributed by atoms with Crippen molar-refractivity contribution in [3.8, 4) is 0 Å². The van der Waals surface area contributed by atoms with Gasteiger partial charge in [0.2, 0.25) is 0 Å². The summed E-state index contributed by atoms with van der Waals surface area (Å²) >= 11 is 4.59. The van der Waals surface area contributed by atoms with Crippen LogP contribution in [0.5, 0.6) is 0 Å². The fourth-order valence-corrected chi connectivity index (χ4v) is 3.83. The predicted octanol–water partition coefficient (Wildman–Crippen LogP) is 3.91. The Hall–Kier alpha value is 0.393. The quantitative estimate of drug-likeness (QED) is 0.670. The van der Waals surface area contributed by atoms with Crippen LogP contribution in [-0.4, -0.2) is 21.8 Å². The standard InChI is InChI=1S/C9H10Cl.2CH3.Bi/c1-7(2)8-3-5-9(10)6-4-8;;;/h3-6H,1-2H3;2*1H3;. The molecule has 13 heavy (non-hydrogen) atoms. The van der Waals surface area contributed by atoms with Gasteiger partial charge in [0, 0.05) is 0 Å². The van der Waals surface area contributed by atoms with Crippen molar-refractivity contribution in [1.82, 2.24) is 0 Å². The SMILES string of the molecule is [CH3][Bi]([CH3])[C](C)(C)c1ccc(Cl)cc1. The minimum atomic E-state index is -1.27. The zero-order valence-electron chi connectivity index (χ0n) is 8.63. The molecule has 0 atom stereocenters. The number of hydrogen-bond donors (Lipinski definition) is 0. The molecule has 0 aliphatic heterocycles. The molecule has 0 radical (unpaired) electrons. The van der Waals surface area contributed by atoms with Crippen molar-refractivity contribution in [2.75, 3.05) is 0 Å². The van der Waals surface area contributed by atoms with Crippen molar-refractivity contribution in [3.63, 3.8) is 0 Å². The summed E-state index contributed by atoms with van der Waals surface area (Å²) in [5.74, 6) is 0. The molecule has 0 fully saturated rings. The molecule has 1 aromatic rings. The van der Waals surface area contributed by atoms with Crippen LogP contribution < -0.4 is 0 Å². The first-order chi connectivity index (χ1) is 5.94. The molecule has 0 N–H and O–H groups in total. The molecule has 0 bridgehead atoms. The first-order valence-electron chi connectivity index (χ1n) is 4.38. The second-order valence-electron chi connectivity index (χ2n) is 3.96. The van der Waals surface area contributed by atoms with E-state index in [1.165, 1.54) is 5.56 Å². The third-order valence-electron chi connectivity index (χ3n) is 2.67. The monoisotopic (exact) mass is 392 g/mol. The van der Waals surface area contributed by atoms with Crippen molar-refractivity contribution in [1.29, 1.82) is 0 Å². The van der Waals surface area contributed by atoms with E-state index in [4.69, 9.17) is 11.6 Å². The molecule has 0 spiro atoms. The molecule has 0 saturated heterocycles. The van der Waals surface area contributed by atoms with Crippen LogP contribution in [0.25, 0.3) is 0 Å². The molecule has 0 heterocycles. The Morgan fingerprint density at radius 2 is 1.54 bits per heavy atom. The van der Waals surface area contributed by atoms with Crippen LogP contribution in [-0.2, 0) is 3.12 Å². The molecular formula is C11H16BiCl. The summed E-state index contributed by atoms with van der Waals surface area (Å²) in [5, 5.41) is 0.831. The van der Waals surface area contributed by atoms with E-state index in [0.29, 0.717) is 3.12 Å². The van der Waals surface area contributed by atoms with Gasteiger partial charge in [-0.3, -0.25) is 0 Å². The third-order valence-corrected chi connectivity index (χ3v) is 12.6. The Balaban J connectivity index is 3.01. The fourth-order valence-electron chi connectivity index (χ4n) is 1.12. The Morgan fingerprint density at radius 3 is 1.92 bits per heavy atom. The van der Waals surface area contributed by atoms with Gasteiger partial charge in [0.25, 0.3) is 0 Å². The Labute approximate surface area is 94.0 Å². The van der Waals surface area contributed by atoms with Crippen LogP contribution in [0.3, 0.4) is 0 Å². The van der Waals surface area contributed by atoms with Crippen LogP contribution in [0.4, 0.5) is 0 Å². The average Bonchev–Trinajstić information content (AvgIpc) is 2.04. The summed E-state index contributed by atoms with van der Waals surface area (Å²) in [4.78, 5) is 0. The molecule has 0 aromatic heterocycles. The van der Waals surface area contributed by atoms with E-state index in [9.17, 15) is 0 Å². The molecular weight excluding hydrogens is 377 g/mol. The molecule has 72 valence electrons. The van der Waals surface area contributed by atoms with Gasteiger partial charge in [-0.05, 0) is 0 Å². The molecule has 0 aliphatic carbocycles. The van der Waals surface area contributed by atoms with Crippen molar-refractivity contribution in [2.45, 2.75) is 26.2 Å². The van der Waals surface area contributed by atoms with Gasteiger partial charge in [-0.15, -0.1) is 0 Å². The van der Waals surface area contributed by atoms with Gasteiger partial charge >= 0.3 is 94.4 Å². The molecule has 2 heteroatoms. The molecule has 0 amide bonds. The molecule has 0 nitrogen and oxygen atoms in total. The zero-order chi connectivity index (χ0) is 10.1. The fraction of sp³-hybridized carbons (Fsp3) is 0.455. The van der Waals surface area contributed by atoms with Crippen LogP contribution in [0.15, 0.2) is 24.3 Å². The Morgan fingerprint density at radius 1 is 1.08 bits per heavy atom. The van der Waals surface area contributed by atoms with Gasteiger partial charge in [-0.2, -0.15) is 0 Å². The van der Waals surface area contributed by atoms with Gasteiger partial charge < -0.3 is 0 Å². The summed E-state index contributed by atoms with van der Waals surface area (Å²) in [6.07, 6.45) is 0. The van der Waals surface area contributed by atoms with Gasteiger partial charge in [-0.1, -0.05) is 0 Å². The second kappa shape index (κ2) is 4.28. The van der Waals surface area contributed by atoms with Gasteiger partial charge in [0.1, 0.15) is 0 Å². The third kappa shape index (κ3) is 2.67. The topological polar surface area (TPSA) is 0 Å². The first kappa shape index (κ1) is 11.5. The van der Waals surface area contributed by atoms with Crippen LogP contribution in [0.2, 0.25) is 14.3 Å². The molecule has 0 aliphatic rings. The van der Waals surface area contributed by atoms with E-state index in [-0.39, 0.29) is 0 Å². The normalized spacial score (nSPS) is 12.2. The van der Waals surface area contributed by atoms with Gasteiger partial charge in [-0.25, -0.2) is 0 Å². The maximum absolute atomic E-state index is 5.86. The van der Waals surface area contributed by atoms with Gasteiger partial charge in [0.05, 0.1) is 0 Å². The summed E-state index contributed by atoms with van der Waals surface area (Å²) in [7, 11) is 0. The van der Waals surface area contributed by atoms with E-state index in [1.54, 1.807) is 0 Å². The molecule has 0 saturated carbocycles. The van der Waals surface area contributed by atoms with Crippen LogP contribution >= 0.6 is 11.6 Å². The Bertz CT molecular complexity index is 275. The maximum atomic E-state index is 5.86. The van der Waals surface area contributed by atoms with Crippen LogP contribution in [0.1, 0.15) is 19.4 Å². The second-order valence-corrected chi connectivity index (χ2v) is 15.7. The number of halogens is 1. The van der Waals surface area contributed by atoms with Crippen LogP contribution in [0, 0.1) is 0 Å². The van der Waals surface area contributed by atoms with E-state index >= 15 is 0 Å². The van der Waals surface area contributed by atoms with E-state index in [1.807, 2.05) is 12.1 Å². The summed E-state index contributed by atoms with van der Waals surface area (Å²) in [6, 6.07) is 8.31. The summed E-state index contributed by atoms with van der Waals surface area (Å²) in [6.45, 7) is 4.71. The van der Waals surface area contributed by atoms with Crippen molar-refractivity contribution in [2.24, 2.45) is 0 Å². The minimum absolute atomic E-state index is 0.430. The number of rotatable bonds is 2. The average molecular weight is 393 g/mol. The Kier molecular flexibility index (Phi) is 3.77. The van der Waals surface area contributed by atoms with Gasteiger partial charge in [0.15, 0.2) is 0 Å². The molecule has 1 aromatic carbocycles. The van der Waals surface area contributed by atoms with Crippen molar-refractivity contribution >= 4 is 33.4 Å². The molecule has 0 unspecified atom stereocenters. The first-order valence-corrected chi connectivity index (χ1v) is 13.4. The molecule has 1 rings (SSSR count). The van der Waals surface area contributed by atoms with Crippen molar-refractivity contribution < 1.29 is 0 Å². The van der Waals surface area contributed by atoms with E-state index in [0.717, 1.165) is 5.02 Å². The van der Waals surface area contributed by atoms with E-state index in [2.05, 4.69) is 35.2 Å².